The van der Waals surface area contributed by atoms with Crippen molar-refractivity contribution in [3.05, 3.63) is 135 Å². The van der Waals surface area contributed by atoms with E-state index in [1.807, 2.05) is 12.1 Å². The van der Waals surface area contributed by atoms with Crippen molar-refractivity contribution in [2.24, 2.45) is 0 Å². The van der Waals surface area contributed by atoms with Crippen LogP contribution in [0, 0.1) is 11.6 Å². The van der Waals surface area contributed by atoms with Crippen molar-refractivity contribution in [1.82, 2.24) is 14.4 Å². The van der Waals surface area contributed by atoms with Gasteiger partial charge in [0.15, 0.2) is 29.3 Å². The molecule has 1 aliphatic heterocycles. The highest BCUT2D eigenvalue weighted by atomic mass is 19.4. The van der Waals surface area contributed by atoms with Crippen molar-refractivity contribution in [2.75, 3.05) is 27.2 Å². The molecule has 1 amide bonds. The molecule has 0 bridgehead atoms. The van der Waals surface area contributed by atoms with Crippen molar-refractivity contribution in [3.63, 3.8) is 0 Å². The maximum atomic E-state index is 14.6. The van der Waals surface area contributed by atoms with Gasteiger partial charge in [-0.2, -0.15) is 13.2 Å². The number of aromatic nitrogens is 1. The van der Waals surface area contributed by atoms with Gasteiger partial charge in [0.2, 0.25) is 5.91 Å². The van der Waals surface area contributed by atoms with E-state index in [2.05, 4.69) is 11.9 Å². The van der Waals surface area contributed by atoms with Crippen LogP contribution < -0.4 is 10.2 Å². The highest BCUT2D eigenvalue weighted by Gasteiger charge is 2.30. The zero-order valence-corrected chi connectivity index (χ0v) is 33.1. The maximum Gasteiger partial charge on any atom is 0.416 e. The minimum atomic E-state index is -4.41. The van der Waals surface area contributed by atoms with E-state index in [0.29, 0.717) is 34.5 Å². The van der Waals surface area contributed by atoms with Crippen LogP contribution in [0.5, 0.6) is 5.75 Å². The second-order valence-electron chi connectivity index (χ2n) is 14.7. The fourth-order valence-corrected chi connectivity index (χ4v) is 6.82. The van der Waals surface area contributed by atoms with E-state index in [1.54, 1.807) is 46.8 Å². The summed E-state index contributed by atoms with van der Waals surface area (Å²) in [5, 5.41) is 32.9. The average molecular weight is 854 g/mol. The van der Waals surface area contributed by atoms with Crippen LogP contribution in [0.15, 0.2) is 95.8 Å². The zero-order valence-electron chi connectivity index (χ0n) is 33.1. The fraction of sp³-hybridized carbons (Fsp3) is 0.318. The Balaban J connectivity index is 0.000000626. The monoisotopic (exact) mass is 853 g/mol. The van der Waals surface area contributed by atoms with Gasteiger partial charge in [0, 0.05) is 42.8 Å². The third-order valence-electron chi connectivity index (χ3n) is 10.4. The predicted molar refractivity (Wildman–Crippen MR) is 214 cm³/mol. The Kier molecular flexibility index (Phi) is 15.0. The number of likely N-dealkylation sites (N-methyl/N-ethyl adjacent to an activating group) is 2. The number of alkyl halides is 3. The normalized spacial score (nSPS) is 15.1. The van der Waals surface area contributed by atoms with Gasteiger partial charge in [-0.3, -0.25) is 9.59 Å². The quantitative estimate of drug-likeness (QED) is 0.101. The molecule has 12 nitrogen and oxygen atoms in total. The van der Waals surface area contributed by atoms with E-state index in [4.69, 9.17) is 25.2 Å². The van der Waals surface area contributed by atoms with E-state index in [-0.39, 0.29) is 48.9 Å². The number of benzene rings is 4. The van der Waals surface area contributed by atoms with Crippen molar-refractivity contribution >= 4 is 28.7 Å². The summed E-state index contributed by atoms with van der Waals surface area (Å²) >= 11 is 0. The number of amides is 1. The van der Waals surface area contributed by atoms with Gasteiger partial charge in [0.25, 0.3) is 0 Å². The lowest BCUT2D eigenvalue weighted by atomic mass is 10.0. The first-order valence-electron chi connectivity index (χ1n) is 19.1. The summed E-state index contributed by atoms with van der Waals surface area (Å²) in [6, 6.07) is 23.0. The van der Waals surface area contributed by atoms with Gasteiger partial charge in [-0.1, -0.05) is 48.5 Å². The molecule has 61 heavy (non-hydrogen) atoms. The number of halogens is 5. The summed E-state index contributed by atoms with van der Waals surface area (Å²) in [6.45, 7) is 1.59. The minimum absolute atomic E-state index is 0.105. The molecule has 6 rings (SSSR count). The molecule has 2 heterocycles. The number of ether oxygens (including phenoxy) is 1. The molecule has 1 fully saturated rings. The number of aliphatic hydroxyl groups is 2. The van der Waals surface area contributed by atoms with E-state index >= 15 is 0 Å². The fourth-order valence-electron chi connectivity index (χ4n) is 6.82. The second kappa shape index (κ2) is 19.9. The molecule has 0 radical (unpaired) electrons. The summed E-state index contributed by atoms with van der Waals surface area (Å²) in [5.41, 5.74) is 2.35. The van der Waals surface area contributed by atoms with E-state index < -0.39 is 47.5 Å². The minimum Gasteiger partial charge on any atom is -0.492 e. The lowest BCUT2D eigenvalue weighted by Gasteiger charge is -2.23. The molecule has 4 N–H and O–H groups in total. The lowest BCUT2D eigenvalue weighted by Crippen LogP contribution is -2.39. The number of carbonyl (C=O) groups excluding carboxylic acids is 1. The highest BCUT2D eigenvalue weighted by Crippen LogP contribution is 2.31. The smallest absolute Gasteiger partial charge is 0.416 e. The standard InChI is InChI=1S/C40H38F5N3O3.C4H6O6/c1-46-20-4-6-32(46)25-51-33-18-19-34-36(22-33)48(31(21-37(34)49)17-14-29-5-3-7-35(41)39(29)42)24-38(50)47(2)23-26-8-10-27(11-9-26)28-12-15-30(16-13-28)40(43,44)45;5-1(3(7)8)2(6)4(9)10/h3,5,7-13,15-16,18-19,21-22,32H,4,6,14,17,20,23-25H2,1-2H3;1-2,5-6H,(H,7,8)(H,9,10)/t;1-,2-/m.1/s1. The van der Waals surface area contributed by atoms with Gasteiger partial charge < -0.3 is 39.5 Å². The summed E-state index contributed by atoms with van der Waals surface area (Å²) in [7, 11) is 3.72. The maximum absolute atomic E-state index is 14.6. The molecule has 1 unspecified atom stereocenters. The summed E-state index contributed by atoms with van der Waals surface area (Å²) < 4.78 is 75.4. The predicted octanol–water partition coefficient (Wildman–Crippen LogP) is 5.76. The van der Waals surface area contributed by atoms with Crippen LogP contribution in [0.4, 0.5) is 22.0 Å². The van der Waals surface area contributed by atoms with Gasteiger partial charge in [0.05, 0.1) is 11.1 Å². The molecular weight excluding hydrogens is 809 g/mol. The van der Waals surface area contributed by atoms with Crippen LogP contribution in [0.25, 0.3) is 22.0 Å². The molecule has 1 aromatic heterocycles. The molecule has 0 spiro atoms. The number of pyridine rings is 1. The number of aliphatic carboxylic acids is 2. The Morgan fingerprint density at radius 3 is 2.07 bits per heavy atom. The Hall–Kier alpha value is -6.17. The van der Waals surface area contributed by atoms with E-state index in [0.717, 1.165) is 48.7 Å². The number of likely N-dealkylation sites (tertiary alicyclic amines) is 1. The number of aryl methyl sites for hydroxylation is 2. The number of fused-ring (bicyclic) bond motifs is 1. The van der Waals surface area contributed by atoms with Crippen LogP contribution in [0.1, 0.15) is 35.2 Å². The molecule has 0 aliphatic carbocycles. The molecule has 17 heteroatoms. The first-order valence-corrected chi connectivity index (χ1v) is 19.1. The first-order chi connectivity index (χ1) is 28.8. The molecule has 0 saturated carbocycles. The molecule has 324 valence electrons. The Bertz CT molecular complexity index is 2390. The SMILES string of the molecule is CN(Cc1ccc(-c2ccc(C(F)(F)F)cc2)cc1)C(=O)Cn1c(CCc2cccc(F)c2F)cc(=O)c2ccc(OCC3CCCN3C)cc21.O=C(O)[C@H](O)[C@@H](O)C(=O)O. The number of aliphatic hydroxyl groups excluding tert-OH is 2. The Labute approximate surface area is 346 Å². The summed E-state index contributed by atoms with van der Waals surface area (Å²) in [6.07, 6.45) is -6.55. The number of carboxylic acids is 2. The van der Waals surface area contributed by atoms with Crippen molar-refractivity contribution in [2.45, 2.75) is 63.2 Å². The van der Waals surface area contributed by atoms with Gasteiger partial charge in [0.1, 0.15) is 18.9 Å². The Morgan fingerprint density at radius 1 is 0.869 bits per heavy atom. The highest BCUT2D eigenvalue weighted by molar-refractivity contribution is 5.84. The number of hydrogen-bond donors (Lipinski definition) is 4. The number of carboxylic acid groups (broad SMARTS) is 2. The molecule has 1 aliphatic rings. The van der Waals surface area contributed by atoms with E-state index in [9.17, 15) is 41.1 Å². The summed E-state index contributed by atoms with van der Waals surface area (Å²) in [4.78, 5) is 50.4. The van der Waals surface area contributed by atoms with Crippen LogP contribution in [0.2, 0.25) is 0 Å². The van der Waals surface area contributed by atoms with Gasteiger partial charge in [-0.15, -0.1) is 0 Å². The molecule has 4 aromatic carbocycles. The van der Waals surface area contributed by atoms with Crippen LogP contribution >= 0.6 is 0 Å². The van der Waals surface area contributed by atoms with Crippen LogP contribution in [-0.4, -0.2) is 98.1 Å². The van der Waals surface area contributed by atoms with Crippen molar-refractivity contribution in [3.8, 4) is 16.9 Å². The molecule has 5 aromatic rings. The molecule has 3 atom stereocenters. The second-order valence-corrected chi connectivity index (χ2v) is 14.7. The third-order valence-corrected chi connectivity index (χ3v) is 10.4. The number of nitrogens with zero attached hydrogens (tertiary/aromatic N) is 3. The van der Waals surface area contributed by atoms with Crippen LogP contribution in [0.3, 0.4) is 0 Å². The van der Waals surface area contributed by atoms with Gasteiger partial charge in [-0.25, -0.2) is 18.4 Å². The average Bonchev–Trinajstić information content (AvgIpc) is 3.65. The van der Waals surface area contributed by atoms with Crippen molar-refractivity contribution in [1.29, 1.82) is 0 Å². The first kappa shape index (κ1) is 45.9. The number of hydrogen-bond acceptors (Lipinski definition) is 8. The lowest BCUT2D eigenvalue weighted by molar-refractivity contribution is -0.165. The molecular formula is C44H44F5N3O9. The number of rotatable bonds is 14. The molecule has 1 saturated heterocycles. The van der Waals surface area contributed by atoms with Crippen LogP contribution in [-0.2, 0) is 46.5 Å². The van der Waals surface area contributed by atoms with Gasteiger partial charge in [-0.05, 0) is 91.9 Å². The van der Waals surface area contributed by atoms with Gasteiger partial charge >= 0.3 is 18.1 Å². The van der Waals surface area contributed by atoms with E-state index in [1.165, 1.54) is 30.3 Å². The Morgan fingerprint density at radius 2 is 1.49 bits per heavy atom. The number of carbonyl (C=O) groups is 3. The topological polar surface area (TPSA) is 170 Å². The summed E-state index contributed by atoms with van der Waals surface area (Å²) in [5.74, 6) is -5.14. The zero-order chi connectivity index (χ0) is 44.6. The van der Waals surface area contributed by atoms with Crippen molar-refractivity contribution < 1.29 is 61.5 Å². The largest absolute Gasteiger partial charge is 0.492 e. The third kappa shape index (κ3) is 11.8.